The van der Waals surface area contributed by atoms with Gasteiger partial charge < -0.3 is 10.1 Å². The van der Waals surface area contributed by atoms with Crippen LogP contribution in [0.5, 0.6) is 5.75 Å². The average molecular weight is 519 g/mol. The quantitative estimate of drug-likeness (QED) is 0.0964. The number of hydrogen-bond acceptors (Lipinski definition) is 9. The third-order valence-electron chi connectivity index (χ3n) is 5.01. The van der Waals surface area contributed by atoms with Crippen molar-refractivity contribution < 1.29 is 29.0 Å². The lowest BCUT2D eigenvalue weighted by Gasteiger charge is -2.05. The molecule has 0 atom stereocenters. The van der Waals surface area contributed by atoms with Gasteiger partial charge in [-0.3, -0.25) is 29.8 Å². The van der Waals surface area contributed by atoms with Crippen molar-refractivity contribution in [2.75, 3.05) is 6.54 Å². The molecule has 194 valence electrons. The molecule has 0 heterocycles. The van der Waals surface area contributed by atoms with E-state index in [9.17, 15) is 34.6 Å². The number of nitrogens with one attached hydrogen (secondary N) is 2. The van der Waals surface area contributed by atoms with Gasteiger partial charge >= 0.3 is 5.97 Å². The van der Waals surface area contributed by atoms with E-state index < -0.39 is 21.7 Å². The fourth-order valence-electron chi connectivity index (χ4n) is 3.03. The predicted octanol–water partition coefficient (Wildman–Crippen LogP) is 3.38. The number of carbonyl (C=O) groups is 3. The number of ether oxygens (including phenoxy) is 1. The van der Waals surface area contributed by atoms with Crippen LogP contribution in [0.2, 0.25) is 0 Å². The Morgan fingerprint density at radius 1 is 0.816 bits per heavy atom. The number of rotatable bonds is 11. The summed E-state index contributed by atoms with van der Waals surface area (Å²) in [6.45, 7) is 0.229. The molecule has 2 amide bonds. The summed E-state index contributed by atoms with van der Waals surface area (Å²) in [6.07, 6.45) is 1.86. The van der Waals surface area contributed by atoms with Gasteiger partial charge in [0.15, 0.2) is 0 Å². The van der Waals surface area contributed by atoms with Gasteiger partial charge in [0.1, 0.15) is 5.75 Å². The molecule has 0 unspecified atom stereocenters. The molecule has 0 radical (unpaired) electrons. The van der Waals surface area contributed by atoms with E-state index in [0.29, 0.717) is 12.0 Å². The number of benzene rings is 3. The number of nitrogens with zero attached hydrogens (tertiary/aromatic N) is 3. The zero-order valence-corrected chi connectivity index (χ0v) is 19.7. The molecule has 0 aliphatic heterocycles. The first-order valence-electron chi connectivity index (χ1n) is 11.1. The lowest BCUT2D eigenvalue weighted by Crippen LogP contribution is -2.26. The van der Waals surface area contributed by atoms with Crippen LogP contribution in [0.15, 0.2) is 77.9 Å². The van der Waals surface area contributed by atoms with Gasteiger partial charge in [-0.05, 0) is 60.5 Å². The minimum Gasteiger partial charge on any atom is -0.423 e. The van der Waals surface area contributed by atoms with E-state index in [2.05, 4.69) is 15.8 Å². The van der Waals surface area contributed by atoms with Crippen LogP contribution >= 0.6 is 0 Å². The first kappa shape index (κ1) is 27.1. The summed E-state index contributed by atoms with van der Waals surface area (Å²) in [5.41, 5.74) is 3.18. The van der Waals surface area contributed by atoms with Gasteiger partial charge in [0, 0.05) is 42.8 Å². The van der Waals surface area contributed by atoms with E-state index >= 15 is 0 Å². The SMILES string of the molecule is O=C(CCCNC(=O)c1ccc([N+](=O)[O-])cc1)N/N=C\c1ccc(OC(=O)c2ccc([N+](=O)[O-])cc2)cc1. The van der Waals surface area contributed by atoms with E-state index in [1.54, 1.807) is 12.1 Å². The maximum absolute atomic E-state index is 12.2. The summed E-state index contributed by atoms with van der Waals surface area (Å²) in [4.78, 5) is 56.4. The average Bonchev–Trinajstić information content (AvgIpc) is 2.92. The van der Waals surface area contributed by atoms with Crippen molar-refractivity contribution in [3.63, 3.8) is 0 Å². The molecule has 0 spiro atoms. The van der Waals surface area contributed by atoms with E-state index in [4.69, 9.17) is 4.74 Å². The number of non-ortho nitro benzene ring substituents is 2. The summed E-state index contributed by atoms with van der Waals surface area (Å²) in [5.74, 6) is -1.18. The number of carbonyl (C=O) groups excluding carboxylic acids is 3. The second-order valence-electron chi connectivity index (χ2n) is 7.72. The number of hydrazone groups is 1. The fraction of sp³-hybridized carbons (Fsp3) is 0.120. The Hall–Kier alpha value is -5.46. The van der Waals surface area contributed by atoms with Crippen molar-refractivity contribution in [2.24, 2.45) is 5.10 Å². The monoisotopic (exact) mass is 519 g/mol. The predicted molar refractivity (Wildman–Crippen MR) is 135 cm³/mol. The first-order chi connectivity index (χ1) is 18.2. The molecule has 0 saturated carbocycles. The first-order valence-corrected chi connectivity index (χ1v) is 11.1. The Morgan fingerprint density at radius 3 is 1.92 bits per heavy atom. The van der Waals surface area contributed by atoms with Crippen LogP contribution in [0.4, 0.5) is 11.4 Å². The topological polar surface area (TPSA) is 183 Å². The molecule has 2 N–H and O–H groups in total. The van der Waals surface area contributed by atoms with Crippen LogP contribution in [0, 0.1) is 20.2 Å². The third-order valence-corrected chi connectivity index (χ3v) is 5.01. The molecule has 0 aliphatic carbocycles. The number of amides is 2. The zero-order chi connectivity index (χ0) is 27.5. The minimum atomic E-state index is -0.669. The summed E-state index contributed by atoms with van der Waals surface area (Å²) in [5, 5.41) is 27.8. The molecule has 3 aromatic rings. The lowest BCUT2D eigenvalue weighted by atomic mass is 10.2. The summed E-state index contributed by atoms with van der Waals surface area (Å²) in [7, 11) is 0. The van der Waals surface area contributed by atoms with Gasteiger partial charge in [0.05, 0.1) is 21.6 Å². The number of nitro benzene ring substituents is 2. The maximum Gasteiger partial charge on any atom is 0.343 e. The molecule has 13 heteroatoms. The van der Waals surface area contributed by atoms with E-state index in [1.807, 2.05) is 0 Å². The van der Waals surface area contributed by atoms with Crippen molar-refractivity contribution >= 4 is 35.4 Å². The molecule has 3 rings (SSSR count). The Morgan fingerprint density at radius 2 is 1.37 bits per heavy atom. The van der Waals surface area contributed by atoms with Crippen molar-refractivity contribution in [3.05, 3.63) is 110 Å². The summed E-state index contributed by atoms with van der Waals surface area (Å²) < 4.78 is 5.23. The van der Waals surface area contributed by atoms with Crippen molar-refractivity contribution in [1.29, 1.82) is 0 Å². The normalized spacial score (nSPS) is 10.5. The minimum absolute atomic E-state index is 0.107. The van der Waals surface area contributed by atoms with E-state index in [1.165, 1.54) is 66.9 Å². The second-order valence-corrected chi connectivity index (χ2v) is 7.72. The van der Waals surface area contributed by atoms with Crippen molar-refractivity contribution in [1.82, 2.24) is 10.7 Å². The van der Waals surface area contributed by atoms with Crippen LogP contribution < -0.4 is 15.5 Å². The molecule has 0 fully saturated rings. The molecule has 13 nitrogen and oxygen atoms in total. The molecule has 0 saturated heterocycles. The number of nitro groups is 2. The van der Waals surface area contributed by atoms with Gasteiger partial charge in [0.2, 0.25) is 5.91 Å². The van der Waals surface area contributed by atoms with Crippen LogP contribution in [-0.4, -0.2) is 40.4 Å². The molecular weight excluding hydrogens is 498 g/mol. The highest BCUT2D eigenvalue weighted by atomic mass is 16.6. The van der Waals surface area contributed by atoms with Gasteiger partial charge in [-0.25, -0.2) is 10.2 Å². The Labute approximate surface area is 215 Å². The van der Waals surface area contributed by atoms with Crippen LogP contribution in [0.25, 0.3) is 0 Å². The molecule has 38 heavy (non-hydrogen) atoms. The highest BCUT2D eigenvalue weighted by Gasteiger charge is 2.12. The number of esters is 1. The van der Waals surface area contributed by atoms with E-state index in [0.717, 1.165) is 0 Å². The molecule has 0 aliphatic rings. The molecule has 0 aromatic heterocycles. The van der Waals surface area contributed by atoms with Gasteiger partial charge in [-0.2, -0.15) is 5.10 Å². The standard InChI is InChI=1S/C25H21N5O8/c31-23(2-1-15-26-24(32)18-5-9-20(10-6-18)29(34)35)28-27-16-17-3-13-22(14-4-17)38-25(33)19-7-11-21(12-8-19)30(36)37/h3-14,16H,1-2,15H2,(H,26,32)(H,28,31)/b27-16-. The Balaban J connectivity index is 1.37. The third kappa shape index (κ3) is 8.05. The number of hydrogen-bond donors (Lipinski definition) is 2. The van der Waals surface area contributed by atoms with Gasteiger partial charge in [-0.15, -0.1) is 0 Å². The van der Waals surface area contributed by atoms with E-state index in [-0.39, 0.29) is 47.1 Å². The second kappa shape index (κ2) is 13.0. The Kier molecular flexibility index (Phi) is 9.29. The zero-order valence-electron chi connectivity index (χ0n) is 19.7. The maximum atomic E-state index is 12.2. The Bertz CT molecular complexity index is 1350. The highest BCUT2D eigenvalue weighted by Crippen LogP contribution is 2.16. The largest absolute Gasteiger partial charge is 0.423 e. The van der Waals surface area contributed by atoms with Crippen LogP contribution in [0.3, 0.4) is 0 Å². The summed E-state index contributed by atoms with van der Waals surface area (Å²) in [6, 6.07) is 16.5. The fourth-order valence-corrected chi connectivity index (χ4v) is 3.03. The van der Waals surface area contributed by atoms with Gasteiger partial charge in [-0.1, -0.05) is 0 Å². The van der Waals surface area contributed by atoms with Gasteiger partial charge in [0.25, 0.3) is 17.3 Å². The van der Waals surface area contributed by atoms with Crippen LogP contribution in [-0.2, 0) is 4.79 Å². The highest BCUT2D eigenvalue weighted by molar-refractivity contribution is 5.94. The molecule has 3 aromatic carbocycles. The summed E-state index contributed by atoms with van der Waals surface area (Å²) >= 11 is 0. The lowest BCUT2D eigenvalue weighted by molar-refractivity contribution is -0.385. The van der Waals surface area contributed by atoms with Crippen LogP contribution in [0.1, 0.15) is 39.1 Å². The van der Waals surface area contributed by atoms with Crippen molar-refractivity contribution in [3.8, 4) is 5.75 Å². The van der Waals surface area contributed by atoms with Crippen molar-refractivity contribution in [2.45, 2.75) is 12.8 Å². The molecular formula is C25H21N5O8. The molecule has 0 bridgehead atoms. The smallest absolute Gasteiger partial charge is 0.343 e.